The number of hydrogen-bond donors (Lipinski definition) is 1. The average Bonchev–Trinajstić information content (AvgIpc) is 2.36. The predicted molar refractivity (Wildman–Crippen MR) is 73.7 cm³/mol. The Morgan fingerprint density at radius 1 is 1.56 bits per heavy atom. The van der Waals surface area contributed by atoms with E-state index in [4.69, 9.17) is 11.6 Å². The van der Waals surface area contributed by atoms with Gasteiger partial charge >= 0.3 is 0 Å². The average molecular weight is 337 g/mol. The van der Waals surface area contributed by atoms with Gasteiger partial charge in [-0.05, 0) is 28.8 Å². The number of nitrogens with one attached hydrogen (secondary N) is 1. The zero-order valence-corrected chi connectivity index (χ0v) is 12.6. The summed E-state index contributed by atoms with van der Waals surface area (Å²) >= 11 is 8.72. The van der Waals surface area contributed by atoms with E-state index in [1.807, 2.05) is 13.8 Å². The van der Waals surface area contributed by atoms with Gasteiger partial charge in [-0.25, -0.2) is 4.98 Å². The molecule has 0 aliphatic carbocycles. The van der Waals surface area contributed by atoms with Gasteiger partial charge in [0.1, 0.15) is 11.0 Å². The highest BCUT2D eigenvalue weighted by atomic mass is 79.9. The molecule has 0 bridgehead atoms. The third kappa shape index (κ3) is 3.81. The Morgan fingerprint density at radius 2 is 2.17 bits per heavy atom. The van der Waals surface area contributed by atoms with Gasteiger partial charge in [-0.3, -0.25) is 14.2 Å². The molecule has 1 amide bonds. The fourth-order valence-electron chi connectivity index (χ4n) is 1.48. The van der Waals surface area contributed by atoms with Gasteiger partial charge in [0.25, 0.3) is 5.56 Å². The zero-order chi connectivity index (χ0) is 13.7. The lowest BCUT2D eigenvalue weighted by molar-refractivity contribution is -0.122. The second-order valence-corrected chi connectivity index (χ2v) is 5.01. The van der Waals surface area contributed by atoms with Crippen molar-refractivity contribution < 1.29 is 4.79 Å². The molecule has 1 aromatic rings. The van der Waals surface area contributed by atoms with Crippen LogP contribution in [0.25, 0.3) is 0 Å². The Bertz CT molecular complexity index is 486. The van der Waals surface area contributed by atoms with E-state index in [2.05, 4.69) is 26.2 Å². The Balaban J connectivity index is 2.77. The summed E-state index contributed by atoms with van der Waals surface area (Å²) in [5.74, 6) is -0.207. The van der Waals surface area contributed by atoms with E-state index < -0.39 is 0 Å². The second kappa shape index (κ2) is 6.89. The van der Waals surface area contributed by atoms with E-state index in [1.165, 1.54) is 10.9 Å². The Morgan fingerprint density at radius 3 is 2.72 bits per heavy atom. The van der Waals surface area contributed by atoms with E-state index in [9.17, 15) is 9.59 Å². The van der Waals surface area contributed by atoms with Crippen LogP contribution in [0.2, 0.25) is 5.15 Å². The van der Waals surface area contributed by atoms with E-state index >= 15 is 0 Å². The molecule has 0 aliphatic heterocycles. The van der Waals surface area contributed by atoms with Gasteiger partial charge in [0.2, 0.25) is 5.91 Å². The first-order valence-electron chi connectivity index (χ1n) is 5.69. The van der Waals surface area contributed by atoms with Crippen LogP contribution in [-0.2, 0) is 11.3 Å². The minimum Gasteiger partial charge on any atom is -0.352 e. The summed E-state index contributed by atoms with van der Waals surface area (Å²) in [6.07, 6.45) is 2.99. The van der Waals surface area contributed by atoms with Crippen LogP contribution >= 0.6 is 27.5 Å². The summed E-state index contributed by atoms with van der Waals surface area (Å²) in [6, 6.07) is 0.136. The van der Waals surface area contributed by atoms with E-state index in [1.54, 1.807) is 0 Å². The number of aromatic nitrogens is 2. The molecular weight excluding hydrogens is 321 g/mol. The Kier molecular flexibility index (Phi) is 5.81. The van der Waals surface area contributed by atoms with Crippen LogP contribution in [0, 0.1) is 0 Å². The van der Waals surface area contributed by atoms with Gasteiger partial charge in [-0.2, -0.15) is 0 Å². The summed E-state index contributed by atoms with van der Waals surface area (Å²) in [5.41, 5.74) is -0.366. The maximum atomic E-state index is 11.8. The van der Waals surface area contributed by atoms with Crippen LogP contribution in [0.15, 0.2) is 15.6 Å². The lowest BCUT2D eigenvalue weighted by Gasteiger charge is -2.15. The molecule has 100 valence electrons. The molecule has 0 aliphatic rings. The van der Waals surface area contributed by atoms with Crippen molar-refractivity contribution in [3.05, 3.63) is 26.3 Å². The quantitative estimate of drug-likeness (QED) is 0.836. The lowest BCUT2D eigenvalue weighted by Crippen LogP contribution is -2.38. The van der Waals surface area contributed by atoms with Crippen LogP contribution in [0.1, 0.15) is 26.7 Å². The first-order chi connectivity index (χ1) is 8.49. The fourth-order valence-corrected chi connectivity index (χ4v) is 1.93. The number of nitrogens with zero attached hydrogens (tertiary/aromatic N) is 2. The van der Waals surface area contributed by atoms with Crippen molar-refractivity contribution in [3.8, 4) is 0 Å². The van der Waals surface area contributed by atoms with Crippen molar-refractivity contribution in [3.63, 3.8) is 0 Å². The summed E-state index contributed by atoms with van der Waals surface area (Å²) < 4.78 is 1.38. The summed E-state index contributed by atoms with van der Waals surface area (Å²) in [6.45, 7) is 3.94. The van der Waals surface area contributed by atoms with Gasteiger partial charge in [-0.15, -0.1) is 0 Å². The number of carbonyl (C=O) groups excluding carboxylic acids is 1. The van der Waals surface area contributed by atoms with Gasteiger partial charge in [0, 0.05) is 6.04 Å². The number of carbonyl (C=O) groups is 1. The van der Waals surface area contributed by atoms with E-state index in [-0.39, 0.29) is 33.7 Å². The molecule has 0 atom stereocenters. The monoisotopic (exact) mass is 335 g/mol. The molecule has 0 aromatic carbocycles. The summed E-state index contributed by atoms with van der Waals surface area (Å²) in [7, 11) is 0. The molecule has 7 heteroatoms. The van der Waals surface area contributed by atoms with Crippen molar-refractivity contribution in [2.75, 3.05) is 0 Å². The smallest absolute Gasteiger partial charge is 0.269 e. The Hall–Kier alpha value is -0.880. The predicted octanol–water partition coefficient (Wildman–Crippen LogP) is 1.96. The largest absolute Gasteiger partial charge is 0.352 e. The van der Waals surface area contributed by atoms with Crippen LogP contribution in [0.5, 0.6) is 0 Å². The molecule has 1 heterocycles. The minimum atomic E-state index is -0.366. The molecule has 0 spiro atoms. The standard InChI is InChI=1S/C11H15BrClN3O2/c1-3-7(4-2)15-8(17)5-16-6-14-10(13)9(12)11(16)18/h6-7H,3-5H2,1-2H3,(H,15,17). The number of halogens is 2. The molecule has 1 rings (SSSR count). The molecule has 1 N–H and O–H groups in total. The van der Waals surface area contributed by atoms with E-state index in [0.717, 1.165) is 12.8 Å². The third-order valence-corrected chi connectivity index (χ3v) is 3.83. The first-order valence-corrected chi connectivity index (χ1v) is 6.86. The topological polar surface area (TPSA) is 64.0 Å². The normalized spacial score (nSPS) is 10.7. The molecule has 0 saturated heterocycles. The lowest BCUT2D eigenvalue weighted by atomic mass is 10.2. The molecule has 0 radical (unpaired) electrons. The first kappa shape index (κ1) is 15.2. The van der Waals surface area contributed by atoms with Gasteiger partial charge in [-0.1, -0.05) is 25.4 Å². The molecule has 0 fully saturated rings. The molecule has 1 aromatic heterocycles. The second-order valence-electron chi connectivity index (χ2n) is 3.86. The van der Waals surface area contributed by atoms with Crippen LogP contribution < -0.4 is 10.9 Å². The number of amides is 1. The van der Waals surface area contributed by atoms with Crippen LogP contribution in [0.4, 0.5) is 0 Å². The van der Waals surface area contributed by atoms with Crippen molar-refractivity contribution in [2.24, 2.45) is 0 Å². The van der Waals surface area contributed by atoms with Gasteiger partial charge in [0.05, 0.1) is 6.33 Å². The highest BCUT2D eigenvalue weighted by Crippen LogP contribution is 2.13. The molecule has 0 unspecified atom stereocenters. The molecule has 5 nitrogen and oxygen atoms in total. The highest BCUT2D eigenvalue weighted by molar-refractivity contribution is 9.10. The van der Waals surface area contributed by atoms with Gasteiger partial charge in [0.15, 0.2) is 5.15 Å². The summed E-state index contributed by atoms with van der Waals surface area (Å²) in [5, 5.41) is 2.95. The Labute approximate surface area is 119 Å². The van der Waals surface area contributed by atoms with E-state index in [0.29, 0.717) is 0 Å². The summed E-state index contributed by atoms with van der Waals surface area (Å²) in [4.78, 5) is 27.3. The van der Waals surface area contributed by atoms with Crippen molar-refractivity contribution in [1.29, 1.82) is 0 Å². The zero-order valence-electron chi connectivity index (χ0n) is 10.2. The maximum Gasteiger partial charge on any atom is 0.269 e. The molecule has 18 heavy (non-hydrogen) atoms. The third-order valence-electron chi connectivity index (χ3n) is 2.60. The van der Waals surface area contributed by atoms with Crippen LogP contribution in [-0.4, -0.2) is 21.5 Å². The highest BCUT2D eigenvalue weighted by Gasteiger charge is 2.12. The maximum absolute atomic E-state index is 11.8. The van der Waals surface area contributed by atoms with Crippen molar-refractivity contribution in [1.82, 2.24) is 14.9 Å². The van der Waals surface area contributed by atoms with Crippen molar-refractivity contribution >= 4 is 33.4 Å². The molecule has 0 saturated carbocycles. The minimum absolute atomic E-state index is 0.0574. The van der Waals surface area contributed by atoms with Crippen molar-refractivity contribution in [2.45, 2.75) is 39.3 Å². The number of hydrogen-bond acceptors (Lipinski definition) is 3. The number of rotatable bonds is 5. The van der Waals surface area contributed by atoms with Gasteiger partial charge < -0.3 is 5.32 Å². The van der Waals surface area contributed by atoms with Crippen LogP contribution in [0.3, 0.4) is 0 Å². The SMILES string of the molecule is CCC(CC)NC(=O)Cn1cnc(Cl)c(Br)c1=O. The fraction of sp³-hybridized carbons (Fsp3) is 0.545. The molecular formula is C11H15BrClN3O2.